The van der Waals surface area contributed by atoms with Gasteiger partial charge < -0.3 is 16.0 Å². The van der Waals surface area contributed by atoms with Crippen molar-refractivity contribution in [3.8, 4) is 0 Å². The first-order valence-electron chi connectivity index (χ1n) is 8.94. The molecule has 1 atom stereocenters. The van der Waals surface area contributed by atoms with Crippen molar-refractivity contribution in [3.63, 3.8) is 0 Å². The molecule has 7 nitrogen and oxygen atoms in total. The Morgan fingerprint density at radius 3 is 2.67 bits per heavy atom. The standard InChI is InChI=1S/C19H25N5O2.ClH/c1-13-5-3-6-14(2)18(13)22-17(25)12-21-19(26)16-8-10-24(23-16)15-7-4-9-20-11-15;/h3,5-6,8,10,15,20H,4,7,9,11-12H2,1-2H3,(H,21,26)(H,22,25);1H. The largest absolute Gasteiger partial charge is 0.342 e. The van der Waals surface area contributed by atoms with Crippen molar-refractivity contribution in [3.05, 3.63) is 47.3 Å². The molecule has 1 aromatic heterocycles. The molecule has 3 rings (SSSR count). The van der Waals surface area contributed by atoms with E-state index in [1.807, 2.05) is 42.9 Å². The van der Waals surface area contributed by atoms with E-state index < -0.39 is 0 Å². The predicted molar refractivity (Wildman–Crippen MR) is 107 cm³/mol. The molecule has 146 valence electrons. The Morgan fingerprint density at radius 2 is 2.00 bits per heavy atom. The Balaban J connectivity index is 0.00000261. The molecule has 0 spiro atoms. The molecule has 3 N–H and O–H groups in total. The number of para-hydroxylation sites is 1. The highest BCUT2D eigenvalue weighted by molar-refractivity contribution is 5.98. The molecule has 1 aliphatic heterocycles. The number of hydrogen-bond donors (Lipinski definition) is 3. The van der Waals surface area contributed by atoms with E-state index >= 15 is 0 Å². The molecule has 2 amide bonds. The minimum Gasteiger partial charge on any atom is -0.342 e. The van der Waals surface area contributed by atoms with Gasteiger partial charge in [-0.3, -0.25) is 14.3 Å². The van der Waals surface area contributed by atoms with Gasteiger partial charge in [-0.05, 0) is 50.4 Å². The number of anilines is 1. The Morgan fingerprint density at radius 1 is 1.26 bits per heavy atom. The Bertz CT molecular complexity index is 779. The summed E-state index contributed by atoms with van der Waals surface area (Å²) in [6, 6.07) is 7.79. The Kier molecular flexibility index (Phi) is 7.38. The molecular formula is C19H26ClN5O2. The van der Waals surface area contributed by atoms with Crippen molar-refractivity contribution in [2.45, 2.75) is 32.7 Å². The maximum atomic E-state index is 12.2. The number of rotatable bonds is 5. The van der Waals surface area contributed by atoms with E-state index in [1.54, 1.807) is 6.07 Å². The summed E-state index contributed by atoms with van der Waals surface area (Å²) >= 11 is 0. The van der Waals surface area contributed by atoms with Crippen molar-refractivity contribution < 1.29 is 9.59 Å². The average molecular weight is 392 g/mol. The number of nitrogens with zero attached hydrogens (tertiary/aromatic N) is 2. The SMILES string of the molecule is Cc1cccc(C)c1NC(=O)CNC(=O)c1ccn(C2CCCNC2)n1.Cl. The van der Waals surface area contributed by atoms with Crippen LogP contribution in [-0.4, -0.2) is 41.2 Å². The molecule has 1 aromatic carbocycles. The maximum absolute atomic E-state index is 12.2. The summed E-state index contributed by atoms with van der Waals surface area (Å²) in [4.78, 5) is 24.4. The van der Waals surface area contributed by atoms with Gasteiger partial charge in [0.15, 0.2) is 0 Å². The number of hydrogen-bond acceptors (Lipinski definition) is 4. The molecule has 1 saturated heterocycles. The zero-order valence-corrected chi connectivity index (χ0v) is 16.4. The van der Waals surface area contributed by atoms with Gasteiger partial charge in [-0.1, -0.05) is 18.2 Å². The van der Waals surface area contributed by atoms with Crippen molar-refractivity contribution in [2.75, 3.05) is 25.0 Å². The van der Waals surface area contributed by atoms with Gasteiger partial charge >= 0.3 is 0 Å². The van der Waals surface area contributed by atoms with Crippen LogP contribution in [-0.2, 0) is 4.79 Å². The van der Waals surface area contributed by atoms with Crippen molar-refractivity contribution >= 4 is 29.9 Å². The van der Waals surface area contributed by atoms with Crippen molar-refractivity contribution in [1.29, 1.82) is 0 Å². The van der Waals surface area contributed by atoms with Gasteiger partial charge in [-0.15, -0.1) is 12.4 Å². The lowest BCUT2D eigenvalue weighted by Crippen LogP contribution is -2.34. The molecule has 0 saturated carbocycles. The van der Waals surface area contributed by atoms with Crippen LogP contribution >= 0.6 is 12.4 Å². The Labute approximate surface area is 165 Å². The predicted octanol–water partition coefficient (Wildman–Crippen LogP) is 2.21. The van der Waals surface area contributed by atoms with Crippen LogP contribution in [0.4, 0.5) is 5.69 Å². The summed E-state index contributed by atoms with van der Waals surface area (Å²) in [5, 5.41) is 13.2. The second-order valence-electron chi connectivity index (χ2n) is 6.68. The molecular weight excluding hydrogens is 366 g/mol. The fourth-order valence-electron chi connectivity index (χ4n) is 3.17. The second-order valence-corrected chi connectivity index (χ2v) is 6.68. The molecule has 1 aliphatic rings. The number of amides is 2. The summed E-state index contributed by atoms with van der Waals surface area (Å²) in [6.45, 7) is 5.67. The fraction of sp³-hybridized carbons (Fsp3) is 0.421. The average Bonchev–Trinajstić information content (AvgIpc) is 3.14. The third-order valence-corrected chi connectivity index (χ3v) is 4.64. The second kappa shape index (κ2) is 9.53. The zero-order valence-electron chi connectivity index (χ0n) is 15.6. The van der Waals surface area contributed by atoms with Crippen LogP contribution < -0.4 is 16.0 Å². The van der Waals surface area contributed by atoms with Crippen molar-refractivity contribution in [2.24, 2.45) is 0 Å². The number of benzene rings is 1. The van der Waals surface area contributed by atoms with E-state index in [0.717, 1.165) is 42.7 Å². The summed E-state index contributed by atoms with van der Waals surface area (Å²) in [6.07, 6.45) is 3.97. The van der Waals surface area contributed by atoms with Crippen LogP contribution in [0.15, 0.2) is 30.5 Å². The van der Waals surface area contributed by atoms with E-state index in [1.165, 1.54) is 0 Å². The third kappa shape index (κ3) is 5.30. The molecule has 2 heterocycles. The van der Waals surface area contributed by atoms with Crippen LogP contribution in [0.2, 0.25) is 0 Å². The molecule has 8 heteroatoms. The molecule has 0 aliphatic carbocycles. The van der Waals surface area contributed by atoms with Crippen molar-refractivity contribution in [1.82, 2.24) is 20.4 Å². The monoisotopic (exact) mass is 391 g/mol. The van der Waals surface area contributed by atoms with E-state index in [9.17, 15) is 9.59 Å². The highest BCUT2D eigenvalue weighted by Crippen LogP contribution is 2.19. The molecule has 1 fully saturated rings. The lowest BCUT2D eigenvalue weighted by atomic mass is 10.1. The molecule has 0 radical (unpaired) electrons. The van der Waals surface area contributed by atoms with E-state index in [2.05, 4.69) is 21.0 Å². The number of carbonyl (C=O) groups excluding carboxylic acids is 2. The van der Waals surface area contributed by atoms with Gasteiger partial charge in [0.2, 0.25) is 5.91 Å². The number of aryl methyl sites for hydroxylation is 2. The number of carbonyl (C=O) groups is 2. The zero-order chi connectivity index (χ0) is 18.5. The first-order valence-corrected chi connectivity index (χ1v) is 8.94. The van der Waals surface area contributed by atoms with Crippen LogP contribution in [0.1, 0.15) is 40.5 Å². The van der Waals surface area contributed by atoms with E-state index in [4.69, 9.17) is 0 Å². The lowest BCUT2D eigenvalue weighted by Gasteiger charge is -2.22. The smallest absolute Gasteiger partial charge is 0.272 e. The summed E-state index contributed by atoms with van der Waals surface area (Å²) in [7, 11) is 0. The highest BCUT2D eigenvalue weighted by Gasteiger charge is 2.18. The van der Waals surface area contributed by atoms with E-state index in [-0.39, 0.29) is 36.8 Å². The van der Waals surface area contributed by atoms with Gasteiger partial charge in [0.25, 0.3) is 5.91 Å². The van der Waals surface area contributed by atoms with Gasteiger partial charge in [0, 0.05) is 18.4 Å². The van der Waals surface area contributed by atoms with Crippen LogP contribution in [0.25, 0.3) is 0 Å². The minimum absolute atomic E-state index is 0. The van der Waals surface area contributed by atoms with Gasteiger partial charge in [0.1, 0.15) is 5.69 Å². The summed E-state index contributed by atoms with van der Waals surface area (Å²) < 4.78 is 1.83. The number of piperidine rings is 1. The Hall–Kier alpha value is -2.38. The third-order valence-electron chi connectivity index (χ3n) is 4.64. The summed E-state index contributed by atoms with van der Waals surface area (Å²) in [5.41, 5.74) is 3.10. The maximum Gasteiger partial charge on any atom is 0.272 e. The molecule has 1 unspecified atom stereocenters. The fourth-order valence-corrected chi connectivity index (χ4v) is 3.17. The van der Waals surface area contributed by atoms with Crippen LogP contribution in [0.3, 0.4) is 0 Å². The topological polar surface area (TPSA) is 88.0 Å². The quantitative estimate of drug-likeness (QED) is 0.729. The normalized spacial score (nSPS) is 16.3. The lowest BCUT2D eigenvalue weighted by molar-refractivity contribution is -0.115. The first-order chi connectivity index (χ1) is 12.5. The minimum atomic E-state index is -0.343. The van der Waals surface area contributed by atoms with Crippen LogP contribution in [0, 0.1) is 13.8 Å². The van der Waals surface area contributed by atoms with Crippen LogP contribution in [0.5, 0.6) is 0 Å². The number of aromatic nitrogens is 2. The van der Waals surface area contributed by atoms with Gasteiger partial charge in [0.05, 0.1) is 12.6 Å². The molecule has 0 bridgehead atoms. The number of halogens is 1. The summed E-state index contributed by atoms with van der Waals surface area (Å²) in [5.74, 6) is -0.601. The molecule has 27 heavy (non-hydrogen) atoms. The van der Waals surface area contributed by atoms with Gasteiger partial charge in [-0.25, -0.2) is 0 Å². The highest BCUT2D eigenvalue weighted by atomic mass is 35.5. The van der Waals surface area contributed by atoms with E-state index in [0.29, 0.717) is 5.69 Å². The number of nitrogens with one attached hydrogen (secondary N) is 3. The first kappa shape index (κ1) is 20.9. The van der Waals surface area contributed by atoms with Gasteiger partial charge in [-0.2, -0.15) is 5.10 Å². The molecule has 2 aromatic rings.